The largest absolute Gasteiger partial charge is 0.260 e. The quantitative estimate of drug-likeness (QED) is 0.733. The second kappa shape index (κ2) is 7.06. The lowest BCUT2D eigenvalue weighted by Gasteiger charge is -2.13. The summed E-state index contributed by atoms with van der Waals surface area (Å²) in [6.45, 7) is 0. The Morgan fingerprint density at radius 3 is 2.00 bits per heavy atom. The fourth-order valence-corrected chi connectivity index (χ4v) is 3.48. The smallest absolute Gasteiger partial charge is 0.0570 e. The van der Waals surface area contributed by atoms with Crippen LogP contribution in [0.2, 0.25) is 0 Å². The van der Waals surface area contributed by atoms with E-state index >= 15 is 0 Å². The predicted octanol–water partition coefficient (Wildman–Crippen LogP) is 4.99. The Bertz CT molecular complexity index is 259. The number of hydrogen-bond acceptors (Lipinski definition) is 1. The van der Waals surface area contributed by atoms with Crippen molar-refractivity contribution in [2.75, 3.05) is 0 Å². The highest BCUT2D eigenvalue weighted by atomic mass is 31.0. The van der Waals surface area contributed by atoms with Gasteiger partial charge < -0.3 is 0 Å². The monoisotopic (exact) mass is 238 g/mol. The third kappa shape index (κ3) is 3.90. The van der Waals surface area contributed by atoms with Crippen LogP contribution in [0.4, 0.5) is 0 Å². The molecule has 1 aliphatic carbocycles. The summed E-state index contributed by atoms with van der Waals surface area (Å²) in [7, 11) is 1.25. The first kappa shape index (κ1) is 12.1. The van der Waals surface area contributed by atoms with Crippen LogP contribution in [0, 0.1) is 0 Å². The average molecular weight is 238 g/mol. The molecular weight excluding hydrogens is 215 g/mol. The highest BCUT2D eigenvalue weighted by Crippen LogP contribution is 2.32. The number of aromatic nitrogens is 2. The maximum Gasteiger partial charge on any atom is 0.0570 e. The molecule has 0 atom stereocenters. The van der Waals surface area contributed by atoms with Gasteiger partial charge in [-0.3, -0.25) is 4.86 Å². The summed E-state index contributed by atoms with van der Waals surface area (Å²) in [4.78, 5) is 3.05. The Morgan fingerprint density at radius 2 is 1.50 bits per heavy atom. The molecule has 0 aromatic carbocycles. The standard InChI is InChI=1S/C13H23N2P/c1-2-4-6-8-10-12(9-7-5-3-1)13-11-14-15-16-13/h11-12H,1-10H2,(H,14,15). The SMILES string of the molecule is c1n[nH]pc1C1CCCCCCCCCC1. The zero-order chi connectivity index (χ0) is 11.1. The Kier molecular flexibility index (Phi) is 5.34. The van der Waals surface area contributed by atoms with Gasteiger partial charge in [-0.05, 0) is 18.8 Å². The molecular formula is C13H23N2P. The second-order valence-electron chi connectivity index (χ2n) is 5.00. The van der Waals surface area contributed by atoms with E-state index in [0.717, 1.165) is 5.92 Å². The van der Waals surface area contributed by atoms with Crippen molar-refractivity contribution in [1.82, 2.24) is 9.96 Å². The molecule has 1 N–H and O–H groups in total. The summed E-state index contributed by atoms with van der Waals surface area (Å²) >= 11 is 0. The molecule has 16 heavy (non-hydrogen) atoms. The molecule has 1 aromatic heterocycles. The van der Waals surface area contributed by atoms with Gasteiger partial charge in [0.25, 0.3) is 0 Å². The van der Waals surface area contributed by atoms with Gasteiger partial charge in [-0.25, -0.2) is 0 Å². The van der Waals surface area contributed by atoms with Crippen LogP contribution in [-0.4, -0.2) is 9.96 Å². The first-order valence-corrected chi connectivity index (χ1v) is 7.72. The summed E-state index contributed by atoms with van der Waals surface area (Å²) < 4.78 is 0. The van der Waals surface area contributed by atoms with Crippen LogP contribution in [-0.2, 0) is 0 Å². The molecule has 1 aliphatic rings. The maximum absolute atomic E-state index is 4.13. The molecule has 0 radical (unpaired) electrons. The van der Waals surface area contributed by atoms with Crippen LogP contribution in [0.3, 0.4) is 0 Å². The van der Waals surface area contributed by atoms with Gasteiger partial charge in [0.15, 0.2) is 0 Å². The van der Waals surface area contributed by atoms with Crippen molar-refractivity contribution in [3.8, 4) is 0 Å². The lowest BCUT2D eigenvalue weighted by atomic mass is 9.94. The van der Waals surface area contributed by atoms with E-state index < -0.39 is 0 Å². The van der Waals surface area contributed by atoms with E-state index in [1.165, 1.54) is 77.9 Å². The topological polar surface area (TPSA) is 28.7 Å². The van der Waals surface area contributed by atoms with Crippen LogP contribution in [0.15, 0.2) is 6.20 Å². The van der Waals surface area contributed by atoms with Crippen LogP contribution in [0.25, 0.3) is 0 Å². The van der Waals surface area contributed by atoms with Crippen molar-refractivity contribution in [2.24, 2.45) is 0 Å². The molecule has 0 unspecified atom stereocenters. The summed E-state index contributed by atoms with van der Waals surface area (Å²) in [5.74, 6) is 0.804. The number of H-pyrrole nitrogens is 1. The van der Waals surface area contributed by atoms with E-state index in [1.54, 1.807) is 0 Å². The molecule has 0 bridgehead atoms. The fraction of sp³-hybridized carbons (Fsp3) is 0.846. The molecule has 2 nitrogen and oxygen atoms in total. The maximum atomic E-state index is 4.13. The lowest BCUT2D eigenvalue weighted by Crippen LogP contribution is -1.96. The van der Waals surface area contributed by atoms with Gasteiger partial charge in [0.2, 0.25) is 0 Å². The molecule has 1 heterocycles. The minimum Gasteiger partial charge on any atom is -0.260 e. The second-order valence-corrected chi connectivity index (χ2v) is 5.94. The van der Waals surface area contributed by atoms with Crippen LogP contribution in [0.5, 0.6) is 0 Å². The number of rotatable bonds is 1. The molecule has 90 valence electrons. The van der Waals surface area contributed by atoms with Gasteiger partial charge >= 0.3 is 0 Å². The van der Waals surface area contributed by atoms with Crippen molar-refractivity contribution in [3.63, 3.8) is 0 Å². The molecule has 2 rings (SSSR count). The van der Waals surface area contributed by atoms with Gasteiger partial charge in [0, 0.05) is 13.6 Å². The molecule has 0 saturated heterocycles. The normalized spacial score (nSPS) is 22.0. The van der Waals surface area contributed by atoms with Crippen LogP contribution < -0.4 is 0 Å². The minimum atomic E-state index is 0.804. The highest BCUT2D eigenvalue weighted by Gasteiger charge is 2.13. The summed E-state index contributed by atoms with van der Waals surface area (Å²) in [6.07, 6.45) is 16.4. The fourth-order valence-electron chi connectivity index (χ4n) is 2.69. The van der Waals surface area contributed by atoms with Crippen molar-refractivity contribution in [1.29, 1.82) is 0 Å². The van der Waals surface area contributed by atoms with Crippen molar-refractivity contribution >= 4 is 8.35 Å². The molecule has 0 amide bonds. The lowest BCUT2D eigenvalue weighted by molar-refractivity contribution is 0.520. The molecule has 0 aliphatic heterocycles. The van der Waals surface area contributed by atoms with Gasteiger partial charge in [-0.1, -0.05) is 51.4 Å². The Balaban J connectivity index is 1.88. The van der Waals surface area contributed by atoms with Gasteiger partial charge in [0.05, 0.1) is 6.20 Å². The van der Waals surface area contributed by atoms with Crippen molar-refractivity contribution in [2.45, 2.75) is 70.1 Å². The summed E-state index contributed by atoms with van der Waals surface area (Å²) in [6, 6.07) is 0. The molecule has 1 fully saturated rings. The Hall–Kier alpha value is -0.360. The van der Waals surface area contributed by atoms with Gasteiger partial charge in [0.1, 0.15) is 0 Å². The first-order chi connectivity index (χ1) is 7.97. The zero-order valence-electron chi connectivity index (χ0n) is 10.1. The van der Waals surface area contributed by atoms with E-state index in [-0.39, 0.29) is 0 Å². The van der Waals surface area contributed by atoms with E-state index in [1.807, 2.05) is 0 Å². The number of nitrogens with one attached hydrogen (secondary N) is 1. The average Bonchev–Trinajstić information content (AvgIpc) is 2.79. The number of nitrogens with zero attached hydrogens (tertiary/aromatic N) is 1. The van der Waals surface area contributed by atoms with Crippen LogP contribution >= 0.6 is 8.35 Å². The molecule has 0 spiro atoms. The van der Waals surface area contributed by atoms with E-state index in [4.69, 9.17) is 0 Å². The van der Waals surface area contributed by atoms with Crippen molar-refractivity contribution in [3.05, 3.63) is 11.5 Å². The third-order valence-corrected chi connectivity index (χ3v) is 4.66. The predicted molar refractivity (Wildman–Crippen MR) is 70.0 cm³/mol. The minimum absolute atomic E-state index is 0.804. The summed E-state index contributed by atoms with van der Waals surface area (Å²) in [5.41, 5.74) is 0. The Morgan fingerprint density at radius 1 is 0.938 bits per heavy atom. The third-order valence-electron chi connectivity index (χ3n) is 3.71. The van der Waals surface area contributed by atoms with E-state index in [0.29, 0.717) is 0 Å². The van der Waals surface area contributed by atoms with E-state index in [9.17, 15) is 0 Å². The molecule has 3 heteroatoms. The zero-order valence-corrected chi connectivity index (χ0v) is 11.0. The molecule has 1 saturated carbocycles. The Labute approximate surface area is 100 Å². The van der Waals surface area contributed by atoms with Crippen molar-refractivity contribution < 1.29 is 0 Å². The molecule has 1 aromatic rings. The van der Waals surface area contributed by atoms with Crippen LogP contribution in [0.1, 0.15) is 75.4 Å². The number of aromatic amines is 1. The van der Waals surface area contributed by atoms with Gasteiger partial charge in [-0.2, -0.15) is 5.10 Å². The van der Waals surface area contributed by atoms with E-state index in [2.05, 4.69) is 16.2 Å². The summed E-state index contributed by atoms with van der Waals surface area (Å²) in [5, 5.41) is 5.66. The number of hydrogen-bond donors (Lipinski definition) is 1. The highest BCUT2D eigenvalue weighted by molar-refractivity contribution is 7.26. The van der Waals surface area contributed by atoms with Gasteiger partial charge in [-0.15, -0.1) is 0 Å². The first-order valence-electron chi connectivity index (χ1n) is 6.82.